The van der Waals surface area contributed by atoms with Crippen LogP contribution in [0.5, 0.6) is 17.4 Å². The molecule has 1 saturated heterocycles. The highest BCUT2D eigenvalue weighted by Crippen LogP contribution is 2.29. The fraction of sp³-hybridized carbons (Fsp3) is 0.300. The van der Waals surface area contributed by atoms with Gasteiger partial charge in [0.15, 0.2) is 0 Å². The lowest BCUT2D eigenvalue weighted by Gasteiger charge is -2.15. The number of aryl methyl sites for hydroxylation is 1. The minimum atomic E-state index is -0.164. The van der Waals surface area contributed by atoms with Crippen LogP contribution in [0.2, 0.25) is 0 Å². The van der Waals surface area contributed by atoms with Crippen LogP contribution in [0.4, 0.5) is 0 Å². The Labute approximate surface area is 162 Å². The molecule has 4 rings (SSSR count). The third-order valence-corrected chi connectivity index (χ3v) is 4.62. The van der Waals surface area contributed by atoms with E-state index in [-0.39, 0.29) is 17.6 Å². The molecule has 3 aromatic rings. The molecular weight excluding hydrogens is 360 g/mol. The average Bonchev–Trinajstić information content (AvgIpc) is 3.40. The molecule has 1 fully saturated rings. The van der Waals surface area contributed by atoms with Crippen LogP contribution in [0.15, 0.2) is 47.1 Å². The fourth-order valence-electron chi connectivity index (χ4n) is 3.20. The molecule has 0 bridgehead atoms. The minimum Gasteiger partial charge on any atom is -0.497 e. The molecular formula is C20H20N4O4. The Morgan fingerprint density at radius 2 is 1.96 bits per heavy atom. The molecule has 8 nitrogen and oxygen atoms in total. The number of likely N-dealkylation sites (tertiary alicyclic amines) is 1. The zero-order valence-electron chi connectivity index (χ0n) is 15.7. The molecule has 0 aliphatic carbocycles. The molecule has 3 heterocycles. The third-order valence-electron chi connectivity index (χ3n) is 4.62. The van der Waals surface area contributed by atoms with Gasteiger partial charge in [0.1, 0.15) is 17.3 Å². The largest absolute Gasteiger partial charge is 0.497 e. The molecule has 28 heavy (non-hydrogen) atoms. The van der Waals surface area contributed by atoms with E-state index in [1.165, 1.54) is 6.20 Å². The first-order chi connectivity index (χ1) is 13.6. The summed E-state index contributed by atoms with van der Waals surface area (Å²) in [6.07, 6.45) is 2.25. The number of carbonyl (C=O) groups excluding carboxylic acids is 1. The Balaban J connectivity index is 1.48. The summed E-state index contributed by atoms with van der Waals surface area (Å²) in [5, 5.41) is 3.59. The number of carbonyl (C=O) groups is 1. The van der Waals surface area contributed by atoms with Gasteiger partial charge in [0.05, 0.1) is 13.3 Å². The second-order valence-electron chi connectivity index (χ2n) is 6.60. The van der Waals surface area contributed by atoms with Crippen molar-refractivity contribution in [1.82, 2.24) is 20.0 Å². The van der Waals surface area contributed by atoms with Crippen molar-refractivity contribution in [3.05, 3.63) is 59.9 Å². The molecule has 0 radical (unpaired) electrons. The van der Waals surface area contributed by atoms with Crippen molar-refractivity contribution in [2.45, 2.75) is 19.3 Å². The summed E-state index contributed by atoms with van der Waals surface area (Å²) in [4.78, 5) is 23.3. The van der Waals surface area contributed by atoms with E-state index in [2.05, 4.69) is 15.1 Å². The number of methoxy groups -OCH3 is 1. The predicted molar refractivity (Wildman–Crippen MR) is 99.6 cm³/mol. The number of amides is 1. The Kier molecular flexibility index (Phi) is 4.92. The SMILES string of the molecule is COc1ccc(Oc2cc(C)nc(C3CCN(C(=O)c4ccno4)C3)n2)cc1. The van der Waals surface area contributed by atoms with Gasteiger partial charge in [-0.05, 0) is 37.6 Å². The van der Waals surface area contributed by atoms with Gasteiger partial charge in [-0.2, -0.15) is 4.98 Å². The normalized spacial score (nSPS) is 16.2. The quantitative estimate of drug-likeness (QED) is 0.671. The molecule has 1 unspecified atom stereocenters. The molecule has 1 amide bonds. The van der Waals surface area contributed by atoms with Crippen molar-refractivity contribution < 1.29 is 18.8 Å². The van der Waals surface area contributed by atoms with Crippen LogP contribution in [-0.2, 0) is 0 Å². The minimum absolute atomic E-state index is 0.0463. The van der Waals surface area contributed by atoms with E-state index in [0.29, 0.717) is 30.5 Å². The zero-order chi connectivity index (χ0) is 19.5. The van der Waals surface area contributed by atoms with Gasteiger partial charge in [-0.3, -0.25) is 4.79 Å². The molecule has 1 aromatic carbocycles. The van der Waals surface area contributed by atoms with Crippen molar-refractivity contribution in [3.8, 4) is 17.4 Å². The number of rotatable bonds is 5. The van der Waals surface area contributed by atoms with Crippen LogP contribution >= 0.6 is 0 Å². The molecule has 0 saturated carbocycles. The van der Waals surface area contributed by atoms with E-state index in [0.717, 1.165) is 17.9 Å². The summed E-state index contributed by atoms with van der Waals surface area (Å²) in [5.74, 6) is 2.71. The molecule has 1 aliphatic rings. The van der Waals surface area contributed by atoms with E-state index in [1.54, 1.807) is 24.1 Å². The van der Waals surface area contributed by atoms with Crippen molar-refractivity contribution in [2.75, 3.05) is 20.2 Å². The van der Waals surface area contributed by atoms with E-state index < -0.39 is 0 Å². The van der Waals surface area contributed by atoms with E-state index in [1.807, 2.05) is 31.2 Å². The third kappa shape index (κ3) is 3.80. The summed E-state index contributed by atoms with van der Waals surface area (Å²) >= 11 is 0. The highest BCUT2D eigenvalue weighted by atomic mass is 16.5. The number of benzene rings is 1. The van der Waals surface area contributed by atoms with Gasteiger partial charge in [-0.15, -0.1) is 0 Å². The summed E-state index contributed by atoms with van der Waals surface area (Å²) in [5.41, 5.74) is 0.813. The highest BCUT2D eigenvalue weighted by molar-refractivity contribution is 5.91. The number of nitrogens with zero attached hydrogens (tertiary/aromatic N) is 4. The topological polar surface area (TPSA) is 90.6 Å². The molecule has 8 heteroatoms. The molecule has 1 aliphatic heterocycles. The summed E-state index contributed by atoms with van der Waals surface area (Å²) in [7, 11) is 1.62. The number of aromatic nitrogens is 3. The van der Waals surface area contributed by atoms with E-state index in [9.17, 15) is 4.79 Å². The summed E-state index contributed by atoms with van der Waals surface area (Å²) in [6, 6.07) is 10.7. The maximum Gasteiger partial charge on any atom is 0.292 e. The highest BCUT2D eigenvalue weighted by Gasteiger charge is 2.31. The lowest BCUT2D eigenvalue weighted by Crippen LogP contribution is -2.28. The van der Waals surface area contributed by atoms with Gasteiger partial charge in [0.25, 0.3) is 5.91 Å². The Morgan fingerprint density at radius 1 is 1.18 bits per heavy atom. The van der Waals surface area contributed by atoms with Gasteiger partial charge in [0.2, 0.25) is 11.6 Å². The van der Waals surface area contributed by atoms with Crippen LogP contribution < -0.4 is 9.47 Å². The smallest absolute Gasteiger partial charge is 0.292 e. The number of ether oxygens (including phenoxy) is 2. The van der Waals surface area contributed by atoms with Crippen molar-refractivity contribution >= 4 is 5.91 Å². The van der Waals surface area contributed by atoms with Crippen LogP contribution in [0, 0.1) is 6.92 Å². The summed E-state index contributed by atoms with van der Waals surface area (Å²) in [6.45, 7) is 3.06. The fourth-order valence-corrected chi connectivity index (χ4v) is 3.20. The maximum atomic E-state index is 12.4. The number of hydrogen-bond acceptors (Lipinski definition) is 7. The van der Waals surface area contributed by atoms with Gasteiger partial charge in [0, 0.05) is 36.8 Å². The van der Waals surface area contributed by atoms with Gasteiger partial charge in [-0.1, -0.05) is 5.16 Å². The lowest BCUT2D eigenvalue weighted by molar-refractivity contribution is 0.0749. The molecule has 0 spiro atoms. The van der Waals surface area contributed by atoms with Crippen LogP contribution in [0.25, 0.3) is 0 Å². The predicted octanol–water partition coefficient (Wildman–Crippen LogP) is 3.20. The van der Waals surface area contributed by atoms with Crippen LogP contribution in [0.3, 0.4) is 0 Å². The van der Waals surface area contributed by atoms with Crippen LogP contribution in [0.1, 0.15) is 34.4 Å². The molecule has 144 valence electrons. The van der Waals surface area contributed by atoms with E-state index in [4.69, 9.17) is 14.0 Å². The molecule has 0 N–H and O–H groups in total. The lowest BCUT2D eigenvalue weighted by atomic mass is 10.1. The monoisotopic (exact) mass is 380 g/mol. The van der Waals surface area contributed by atoms with Crippen molar-refractivity contribution in [1.29, 1.82) is 0 Å². The van der Waals surface area contributed by atoms with E-state index >= 15 is 0 Å². The Hall–Kier alpha value is -3.42. The molecule has 2 aromatic heterocycles. The summed E-state index contributed by atoms with van der Waals surface area (Å²) < 4.78 is 16.0. The second kappa shape index (κ2) is 7.67. The first-order valence-electron chi connectivity index (χ1n) is 9.00. The number of hydrogen-bond donors (Lipinski definition) is 0. The Bertz CT molecular complexity index is 957. The molecule has 1 atom stereocenters. The van der Waals surface area contributed by atoms with Crippen molar-refractivity contribution in [2.24, 2.45) is 0 Å². The Morgan fingerprint density at radius 3 is 2.68 bits per heavy atom. The van der Waals surface area contributed by atoms with Crippen molar-refractivity contribution in [3.63, 3.8) is 0 Å². The standard InChI is InChI=1S/C20H20N4O4/c1-13-11-18(27-16-5-3-15(26-2)4-6-16)23-19(22-13)14-8-10-24(12-14)20(25)17-7-9-21-28-17/h3-7,9,11,14H,8,10,12H2,1-2H3. The second-order valence-corrected chi connectivity index (χ2v) is 6.60. The first-order valence-corrected chi connectivity index (χ1v) is 9.00. The van der Waals surface area contributed by atoms with Gasteiger partial charge < -0.3 is 18.9 Å². The zero-order valence-corrected chi connectivity index (χ0v) is 15.7. The first kappa shape index (κ1) is 18.0. The van der Waals surface area contributed by atoms with Gasteiger partial charge in [-0.25, -0.2) is 4.98 Å². The van der Waals surface area contributed by atoms with Crippen LogP contribution in [-0.4, -0.2) is 46.1 Å². The maximum absolute atomic E-state index is 12.4. The average molecular weight is 380 g/mol. The van der Waals surface area contributed by atoms with Gasteiger partial charge >= 0.3 is 0 Å².